The van der Waals surface area contributed by atoms with Crippen molar-refractivity contribution in [1.29, 1.82) is 0 Å². The highest BCUT2D eigenvalue weighted by molar-refractivity contribution is 5.80. The van der Waals surface area contributed by atoms with E-state index in [1.807, 2.05) is 0 Å². The maximum absolute atomic E-state index is 13.0. The minimum atomic E-state index is -1.12. The van der Waals surface area contributed by atoms with Gasteiger partial charge in [0.2, 0.25) is 5.91 Å². The van der Waals surface area contributed by atoms with E-state index in [0.29, 0.717) is 13.0 Å². The van der Waals surface area contributed by atoms with Crippen LogP contribution < -0.4 is 5.32 Å². The summed E-state index contributed by atoms with van der Waals surface area (Å²) in [6.07, 6.45) is 0.526. The molecule has 0 radical (unpaired) electrons. The zero-order valence-corrected chi connectivity index (χ0v) is 11.8. The Morgan fingerprint density at radius 3 is 2.81 bits per heavy atom. The maximum atomic E-state index is 13.0. The topological polar surface area (TPSA) is 58.6 Å². The number of carbonyl (C=O) groups excluding carboxylic acids is 1. The highest BCUT2D eigenvalue weighted by Gasteiger charge is 2.16. The number of amides is 1. The van der Waals surface area contributed by atoms with Gasteiger partial charge in [-0.2, -0.15) is 0 Å². The number of carbonyl (C=O) groups is 1. The molecule has 0 spiro atoms. The molecule has 0 aromatic heterocycles. The van der Waals surface area contributed by atoms with Crippen LogP contribution in [-0.2, 0) is 9.53 Å². The third-order valence-corrected chi connectivity index (χ3v) is 2.86. The minimum absolute atomic E-state index is 0.112. The average molecular weight is 299 g/mol. The highest BCUT2D eigenvalue weighted by Crippen LogP contribution is 2.15. The van der Waals surface area contributed by atoms with Crippen molar-refractivity contribution in [2.45, 2.75) is 25.6 Å². The highest BCUT2D eigenvalue weighted by atomic mass is 19.2. The van der Waals surface area contributed by atoms with Gasteiger partial charge in [-0.3, -0.25) is 4.79 Å². The van der Waals surface area contributed by atoms with E-state index < -0.39 is 23.8 Å². The number of hydrogen-bond donors (Lipinski definition) is 2. The van der Waals surface area contributed by atoms with Crippen LogP contribution >= 0.6 is 0 Å². The number of rotatable bonds is 8. The summed E-state index contributed by atoms with van der Waals surface area (Å²) in [5.74, 6) is -2.42. The Balaban J connectivity index is 2.44. The molecule has 1 aromatic carbocycles. The largest absolute Gasteiger partial charge is 0.387 e. The van der Waals surface area contributed by atoms with Gasteiger partial charge in [0.05, 0.1) is 12.7 Å². The fraction of sp³-hybridized carbons (Fsp3) is 0.400. The molecule has 4 nitrogen and oxygen atoms in total. The van der Waals surface area contributed by atoms with Crippen molar-refractivity contribution in [2.24, 2.45) is 0 Å². The van der Waals surface area contributed by atoms with Crippen LogP contribution in [-0.4, -0.2) is 30.3 Å². The van der Waals surface area contributed by atoms with Crippen LogP contribution in [0.25, 0.3) is 0 Å². The number of nitrogens with one attached hydrogen (secondary N) is 1. The molecule has 6 heteroatoms. The fourth-order valence-corrected chi connectivity index (χ4v) is 1.58. The van der Waals surface area contributed by atoms with Gasteiger partial charge in [0.15, 0.2) is 11.6 Å². The van der Waals surface area contributed by atoms with E-state index in [1.54, 1.807) is 13.0 Å². The van der Waals surface area contributed by atoms with Gasteiger partial charge in [-0.15, -0.1) is 6.58 Å². The van der Waals surface area contributed by atoms with Crippen LogP contribution in [0.1, 0.15) is 25.0 Å². The molecule has 2 atom stereocenters. The molecular formula is C15H19F2NO3. The van der Waals surface area contributed by atoms with Gasteiger partial charge in [-0.1, -0.05) is 12.1 Å². The van der Waals surface area contributed by atoms with Crippen LogP contribution in [0.2, 0.25) is 0 Å². The first-order valence-corrected chi connectivity index (χ1v) is 6.59. The molecule has 1 amide bonds. The Labute approximate surface area is 122 Å². The second-order valence-electron chi connectivity index (χ2n) is 4.52. The van der Waals surface area contributed by atoms with Crippen molar-refractivity contribution in [3.05, 3.63) is 48.1 Å². The van der Waals surface area contributed by atoms with Crippen molar-refractivity contribution in [1.82, 2.24) is 5.32 Å². The normalized spacial score (nSPS) is 13.5. The predicted molar refractivity (Wildman–Crippen MR) is 74.6 cm³/mol. The SMILES string of the molecule is C=CCCOC(C)C(=O)NCC(O)c1ccc(F)c(F)c1. The molecule has 1 aromatic rings. The van der Waals surface area contributed by atoms with E-state index in [2.05, 4.69) is 11.9 Å². The van der Waals surface area contributed by atoms with Gasteiger partial charge >= 0.3 is 0 Å². The van der Waals surface area contributed by atoms with E-state index >= 15 is 0 Å². The molecule has 21 heavy (non-hydrogen) atoms. The monoisotopic (exact) mass is 299 g/mol. The van der Waals surface area contributed by atoms with E-state index in [1.165, 1.54) is 6.07 Å². The number of halogens is 2. The second-order valence-corrected chi connectivity index (χ2v) is 4.52. The molecule has 2 N–H and O–H groups in total. The summed E-state index contributed by atoms with van der Waals surface area (Å²) in [7, 11) is 0. The Morgan fingerprint density at radius 2 is 2.19 bits per heavy atom. The van der Waals surface area contributed by atoms with Crippen molar-refractivity contribution < 1.29 is 23.4 Å². The lowest BCUT2D eigenvalue weighted by atomic mass is 10.1. The van der Waals surface area contributed by atoms with Crippen LogP contribution in [0.5, 0.6) is 0 Å². The zero-order valence-electron chi connectivity index (χ0n) is 11.8. The summed E-state index contributed by atoms with van der Waals surface area (Å²) >= 11 is 0. The number of hydrogen-bond acceptors (Lipinski definition) is 3. The molecule has 116 valence electrons. The first kappa shape index (κ1) is 17.3. The molecule has 0 aliphatic heterocycles. The van der Waals surface area contributed by atoms with Gasteiger partial charge in [0, 0.05) is 6.54 Å². The third kappa shape index (κ3) is 5.61. The van der Waals surface area contributed by atoms with Gasteiger partial charge in [0.1, 0.15) is 6.10 Å². The zero-order chi connectivity index (χ0) is 15.8. The number of aliphatic hydroxyl groups is 1. The molecule has 0 aliphatic carbocycles. The van der Waals surface area contributed by atoms with Gasteiger partial charge < -0.3 is 15.2 Å². The first-order valence-electron chi connectivity index (χ1n) is 6.59. The van der Waals surface area contributed by atoms with Gasteiger partial charge in [-0.05, 0) is 31.0 Å². The molecule has 0 heterocycles. The Kier molecular flexibility index (Phi) is 6.98. The minimum Gasteiger partial charge on any atom is -0.387 e. The average Bonchev–Trinajstić information content (AvgIpc) is 2.47. The van der Waals surface area contributed by atoms with Crippen molar-refractivity contribution in [2.75, 3.05) is 13.2 Å². The Morgan fingerprint density at radius 1 is 1.48 bits per heavy atom. The van der Waals surface area contributed by atoms with Crippen LogP contribution in [0.4, 0.5) is 8.78 Å². The molecule has 2 unspecified atom stereocenters. The molecule has 0 aliphatic rings. The number of aliphatic hydroxyl groups excluding tert-OH is 1. The first-order chi connectivity index (χ1) is 9.95. The van der Waals surface area contributed by atoms with Gasteiger partial charge in [0.25, 0.3) is 0 Å². The van der Waals surface area contributed by atoms with E-state index in [0.717, 1.165) is 12.1 Å². The molecule has 0 bridgehead atoms. The fourth-order valence-electron chi connectivity index (χ4n) is 1.58. The summed E-state index contributed by atoms with van der Waals surface area (Å²) in [4.78, 5) is 11.7. The Bertz CT molecular complexity index is 494. The number of ether oxygens (including phenoxy) is 1. The summed E-state index contributed by atoms with van der Waals surface area (Å²) in [5.41, 5.74) is 0.189. The van der Waals surface area contributed by atoms with Crippen LogP contribution in [0, 0.1) is 11.6 Å². The van der Waals surface area contributed by atoms with Gasteiger partial charge in [-0.25, -0.2) is 8.78 Å². The van der Waals surface area contributed by atoms with Crippen molar-refractivity contribution in [3.8, 4) is 0 Å². The molecule has 0 saturated carbocycles. The summed E-state index contributed by atoms with van der Waals surface area (Å²) < 4.78 is 31.1. The maximum Gasteiger partial charge on any atom is 0.248 e. The lowest BCUT2D eigenvalue weighted by molar-refractivity contribution is -0.132. The smallest absolute Gasteiger partial charge is 0.248 e. The van der Waals surface area contributed by atoms with Crippen LogP contribution in [0.3, 0.4) is 0 Å². The standard InChI is InChI=1S/C15H19F2NO3/c1-3-4-7-21-10(2)15(20)18-9-14(19)11-5-6-12(16)13(17)8-11/h3,5-6,8,10,14,19H,1,4,7,9H2,2H3,(H,18,20). The van der Waals surface area contributed by atoms with E-state index in [-0.39, 0.29) is 18.0 Å². The lowest BCUT2D eigenvalue weighted by Gasteiger charge is -2.16. The van der Waals surface area contributed by atoms with E-state index in [4.69, 9.17) is 4.74 Å². The molecule has 0 fully saturated rings. The second kappa shape index (κ2) is 8.49. The molecule has 0 saturated heterocycles. The third-order valence-electron chi connectivity index (χ3n) is 2.86. The predicted octanol–water partition coefficient (Wildman–Crippen LogP) is 2.10. The molecular weight excluding hydrogens is 280 g/mol. The van der Waals surface area contributed by atoms with E-state index in [9.17, 15) is 18.7 Å². The summed E-state index contributed by atoms with van der Waals surface area (Å²) in [5, 5.41) is 12.3. The Hall–Kier alpha value is -1.79. The van der Waals surface area contributed by atoms with Crippen LogP contribution in [0.15, 0.2) is 30.9 Å². The quantitative estimate of drug-likeness (QED) is 0.571. The lowest BCUT2D eigenvalue weighted by Crippen LogP contribution is -2.37. The number of benzene rings is 1. The van der Waals surface area contributed by atoms with Crippen molar-refractivity contribution >= 4 is 5.91 Å². The summed E-state index contributed by atoms with van der Waals surface area (Å²) in [6.45, 7) is 5.39. The summed E-state index contributed by atoms with van der Waals surface area (Å²) in [6, 6.07) is 3.09. The molecule has 1 rings (SSSR count). The van der Waals surface area contributed by atoms with Crippen molar-refractivity contribution in [3.63, 3.8) is 0 Å².